The number of carbonyl (C=O) groups is 1. The number of rotatable bonds is 4. The molecular formula is C18H16O4S. The average molecular weight is 328 g/mol. The summed E-state index contributed by atoms with van der Waals surface area (Å²) in [6.07, 6.45) is 0. The molecule has 3 aromatic rings. The van der Waals surface area contributed by atoms with Crippen LogP contribution >= 0.6 is 11.3 Å². The Bertz CT molecular complexity index is 867. The van der Waals surface area contributed by atoms with Crippen LogP contribution in [0.1, 0.15) is 10.4 Å². The van der Waals surface area contributed by atoms with Crippen LogP contribution in [-0.4, -0.2) is 27.3 Å². The molecule has 0 spiro atoms. The minimum absolute atomic E-state index is 0.342. The van der Waals surface area contributed by atoms with E-state index in [-0.39, 0.29) is 5.97 Å². The summed E-state index contributed by atoms with van der Waals surface area (Å²) in [4.78, 5) is 11.8. The number of fused-ring (bicyclic) bond motifs is 1. The van der Waals surface area contributed by atoms with Gasteiger partial charge in [-0.1, -0.05) is 0 Å². The zero-order valence-electron chi connectivity index (χ0n) is 13.1. The lowest BCUT2D eigenvalue weighted by atomic mass is 10.0. The van der Waals surface area contributed by atoms with Crippen molar-refractivity contribution in [1.29, 1.82) is 0 Å². The molecule has 0 bridgehead atoms. The van der Waals surface area contributed by atoms with Gasteiger partial charge in [-0.25, -0.2) is 4.79 Å². The van der Waals surface area contributed by atoms with Gasteiger partial charge in [-0.05, 0) is 35.7 Å². The van der Waals surface area contributed by atoms with Crippen molar-refractivity contribution >= 4 is 27.4 Å². The standard InChI is InChI=1S/C18H16O4S/c1-20-12-5-6-13(16(9-12)21-2)15-10-23-17-7-4-11(8-14(15)17)18(19)22-3/h4-10H,1-3H3. The first-order valence-corrected chi connectivity index (χ1v) is 7.88. The molecule has 1 heterocycles. The van der Waals surface area contributed by atoms with Crippen LogP contribution in [0.5, 0.6) is 11.5 Å². The normalized spacial score (nSPS) is 10.6. The second-order valence-corrected chi connectivity index (χ2v) is 5.83. The van der Waals surface area contributed by atoms with Gasteiger partial charge in [-0.15, -0.1) is 11.3 Å². The number of carbonyl (C=O) groups excluding carboxylic acids is 1. The molecule has 0 unspecified atom stereocenters. The van der Waals surface area contributed by atoms with E-state index < -0.39 is 0 Å². The second kappa shape index (κ2) is 6.30. The summed E-state index contributed by atoms with van der Waals surface area (Å²) in [6, 6.07) is 11.3. The second-order valence-electron chi connectivity index (χ2n) is 4.92. The molecule has 0 amide bonds. The summed E-state index contributed by atoms with van der Waals surface area (Å²) < 4.78 is 16.6. The van der Waals surface area contributed by atoms with Crippen LogP contribution in [0, 0.1) is 0 Å². The maximum absolute atomic E-state index is 11.8. The zero-order chi connectivity index (χ0) is 16.4. The maximum atomic E-state index is 11.8. The third-order valence-corrected chi connectivity index (χ3v) is 4.66. The predicted molar refractivity (Wildman–Crippen MR) is 91.7 cm³/mol. The molecular weight excluding hydrogens is 312 g/mol. The number of hydrogen-bond acceptors (Lipinski definition) is 5. The Balaban J connectivity index is 2.18. The van der Waals surface area contributed by atoms with Gasteiger partial charge < -0.3 is 14.2 Å². The summed E-state index contributed by atoms with van der Waals surface area (Å²) in [5, 5.41) is 3.07. The summed E-state index contributed by atoms with van der Waals surface area (Å²) in [7, 11) is 4.64. The third kappa shape index (κ3) is 2.75. The lowest BCUT2D eigenvalue weighted by Gasteiger charge is -2.10. The molecule has 0 atom stereocenters. The van der Waals surface area contributed by atoms with Crippen molar-refractivity contribution in [2.45, 2.75) is 0 Å². The van der Waals surface area contributed by atoms with Gasteiger partial charge >= 0.3 is 5.97 Å². The van der Waals surface area contributed by atoms with Crippen LogP contribution in [0.3, 0.4) is 0 Å². The van der Waals surface area contributed by atoms with E-state index in [2.05, 4.69) is 5.38 Å². The van der Waals surface area contributed by atoms with Crippen molar-refractivity contribution in [2.24, 2.45) is 0 Å². The predicted octanol–water partition coefficient (Wildman–Crippen LogP) is 4.37. The van der Waals surface area contributed by atoms with Crippen molar-refractivity contribution in [2.75, 3.05) is 21.3 Å². The fourth-order valence-electron chi connectivity index (χ4n) is 2.50. The van der Waals surface area contributed by atoms with E-state index in [1.165, 1.54) is 7.11 Å². The molecule has 0 aliphatic rings. The number of benzene rings is 2. The molecule has 2 aromatic carbocycles. The highest BCUT2D eigenvalue weighted by Gasteiger charge is 2.14. The molecule has 23 heavy (non-hydrogen) atoms. The first kappa shape index (κ1) is 15.4. The molecule has 3 rings (SSSR count). The molecule has 0 aliphatic heterocycles. The molecule has 0 N–H and O–H groups in total. The first-order chi connectivity index (χ1) is 11.2. The Morgan fingerprint density at radius 3 is 2.48 bits per heavy atom. The van der Waals surface area contributed by atoms with E-state index in [9.17, 15) is 4.79 Å². The van der Waals surface area contributed by atoms with Gasteiger partial charge in [0.05, 0.1) is 26.9 Å². The number of hydrogen-bond donors (Lipinski definition) is 0. The number of thiophene rings is 1. The summed E-state index contributed by atoms with van der Waals surface area (Å²) in [5.74, 6) is 1.12. The first-order valence-electron chi connectivity index (χ1n) is 7.00. The highest BCUT2D eigenvalue weighted by molar-refractivity contribution is 7.17. The van der Waals surface area contributed by atoms with Crippen LogP contribution in [0.2, 0.25) is 0 Å². The van der Waals surface area contributed by atoms with Crippen molar-refractivity contribution in [3.05, 3.63) is 47.3 Å². The van der Waals surface area contributed by atoms with Gasteiger partial charge in [0.2, 0.25) is 0 Å². The van der Waals surface area contributed by atoms with Crippen molar-refractivity contribution in [3.8, 4) is 22.6 Å². The molecule has 0 saturated carbocycles. The molecule has 0 fully saturated rings. The van der Waals surface area contributed by atoms with Crippen LogP contribution < -0.4 is 9.47 Å². The lowest BCUT2D eigenvalue weighted by molar-refractivity contribution is 0.0601. The SMILES string of the molecule is COC(=O)c1ccc2scc(-c3ccc(OC)cc3OC)c2c1. The number of ether oxygens (including phenoxy) is 3. The van der Waals surface area contributed by atoms with Crippen LogP contribution in [0.25, 0.3) is 21.2 Å². The minimum atomic E-state index is -0.342. The Labute approximate surface area is 138 Å². The van der Waals surface area contributed by atoms with E-state index in [4.69, 9.17) is 14.2 Å². The summed E-state index contributed by atoms with van der Waals surface area (Å²) in [6.45, 7) is 0. The molecule has 0 radical (unpaired) electrons. The highest BCUT2D eigenvalue weighted by Crippen LogP contribution is 2.40. The molecule has 0 aliphatic carbocycles. The smallest absolute Gasteiger partial charge is 0.337 e. The maximum Gasteiger partial charge on any atom is 0.337 e. The molecule has 5 heteroatoms. The number of esters is 1. The van der Waals surface area contributed by atoms with Gasteiger partial charge in [-0.2, -0.15) is 0 Å². The van der Waals surface area contributed by atoms with Crippen LogP contribution in [-0.2, 0) is 4.74 Å². The van der Waals surface area contributed by atoms with E-state index in [0.29, 0.717) is 5.56 Å². The van der Waals surface area contributed by atoms with Gasteiger partial charge in [0, 0.05) is 27.3 Å². The fraction of sp³-hybridized carbons (Fsp3) is 0.167. The Hall–Kier alpha value is -2.53. The molecule has 1 aromatic heterocycles. The van der Waals surface area contributed by atoms with Gasteiger partial charge in [0.25, 0.3) is 0 Å². The lowest BCUT2D eigenvalue weighted by Crippen LogP contribution is -2.00. The van der Waals surface area contributed by atoms with Crippen molar-refractivity contribution < 1.29 is 19.0 Å². The van der Waals surface area contributed by atoms with Crippen molar-refractivity contribution in [3.63, 3.8) is 0 Å². The van der Waals surface area contributed by atoms with Gasteiger partial charge in [-0.3, -0.25) is 0 Å². The van der Waals surface area contributed by atoms with Crippen molar-refractivity contribution in [1.82, 2.24) is 0 Å². The highest BCUT2D eigenvalue weighted by atomic mass is 32.1. The molecule has 4 nitrogen and oxygen atoms in total. The zero-order valence-corrected chi connectivity index (χ0v) is 13.9. The van der Waals surface area contributed by atoms with E-state index in [0.717, 1.165) is 32.7 Å². The van der Waals surface area contributed by atoms with Gasteiger partial charge in [0.1, 0.15) is 11.5 Å². The average Bonchev–Trinajstić information content (AvgIpc) is 3.03. The quantitative estimate of drug-likeness (QED) is 0.667. The summed E-state index contributed by atoms with van der Waals surface area (Å²) in [5.41, 5.74) is 2.52. The molecule has 0 saturated heterocycles. The van der Waals surface area contributed by atoms with E-state index in [1.807, 2.05) is 30.3 Å². The minimum Gasteiger partial charge on any atom is -0.497 e. The van der Waals surface area contributed by atoms with E-state index >= 15 is 0 Å². The number of methoxy groups -OCH3 is 3. The fourth-order valence-corrected chi connectivity index (χ4v) is 3.44. The van der Waals surface area contributed by atoms with Crippen LogP contribution in [0.15, 0.2) is 41.8 Å². The molecule has 118 valence electrons. The Kier molecular flexibility index (Phi) is 4.21. The summed E-state index contributed by atoms with van der Waals surface area (Å²) >= 11 is 1.63. The Morgan fingerprint density at radius 2 is 1.78 bits per heavy atom. The van der Waals surface area contributed by atoms with E-state index in [1.54, 1.807) is 31.6 Å². The van der Waals surface area contributed by atoms with Crippen LogP contribution in [0.4, 0.5) is 0 Å². The topological polar surface area (TPSA) is 44.8 Å². The monoisotopic (exact) mass is 328 g/mol. The largest absolute Gasteiger partial charge is 0.497 e. The third-order valence-electron chi connectivity index (χ3n) is 3.69. The van der Waals surface area contributed by atoms with Gasteiger partial charge in [0.15, 0.2) is 0 Å². The Morgan fingerprint density at radius 1 is 0.957 bits per heavy atom.